The molecule has 0 aliphatic rings. The first-order valence-electron chi connectivity index (χ1n) is 7.71. The maximum Gasteiger partial charge on any atom is 0.215 e. The van der Waals surface area contributed by atoms with Gasteiger partial charge in [-0.15, -0.1) is 0 Å². The summed E-state index contributed by atoms with van der Waals surface area (Å²) >= 11 is 0. The van der Waals surface area contributed by atoms with E-state index in [4.69, 9.17) is 4.74 Å². The molecule has 0 bridgehead atoms. The van der Waals surface area contributed by atoms with Crippen LogP contribution in [0.25, 0.3) is 10.9 Å². The van der Waals surface area contributed by atoms with E-state index in [2.05, 4.69) is 24.9 Å². The minimum Gasteiger partial charge on any atom is -0.477 e. The van der Waals surface area contributed by atoms with Crippen LogP contribution in [0.4, 0.5) is 0 Å². The van der Waals surface area contributed by atoms with Crippen LogP contribution < -0.4 is 4.74 Å². The quantitative estimate of drug-likeness (QED) is 0.739. The lowest BCUT2D eigenvalue weighted by molar-refractivity contribution is 0.226. The van der Waals surface area contributed by atoms with Crippen molar-refractivity contribution < 1.29 is 4.74 Å². The van der Waals surface area contributed by atoms with E-state index in [1.54, 1.807) is 6.07 Å². The van der Waals surface area contributed by atoms with Crippen molar-refractivity contribution in [3.8, 4) is 11.9 Å². The Bertz CT molecular complexity index is 631. The summed E-state index contributed by atoms with van der Waals surface area (Å²) in [5, 5.41) is 10.1. The molecular weight excluding hydrogens is 260 g/mol. The van der Waals surface area contributed by atoms with E-state index in [1.165, 1.54) is 19.3 Å². The van der Waals surface area contributed by atoms with Gasteiger partial charge in [-0.25, -0.2) is 4.98 Å². The van der Waals surface area contributed by atoms with Gasteiger partial charge in [-0.05, 0) is 18.4 Å². The first kappa shape index (κ1) is 15.3. The lowest BCUT2D eigenvalue weighted by Gasteiger charge is -2.15. The zero-order valence-electron chi connectivity index (χ0n) is 12.8. The summed E-state index contributed by atoms with van der Waals surface area (Å²) in [6.07, 6.45) is 4.74. The maximum absolute atomic E-state index is 9.27. The van der Waals surface area contributed by atoms with Gasteiger partial charge in [-0.1, -0.05) is 51.3 Å². The molecule has 0 aliphatic heterocycles. The van der Waals surface area contributed by atoms with Gasteiger partial charge < -0.3 is 4.74 Å². The Hall–Kier alpha value is -2.08. The number of hydrogen-bond donors (Lipinski definition) is 0. The van der Waals surface area contributed by atoms with E-state index in [-0.39, 0.29) is 0 Å². The number of nitrogens with zero attached hydrogens (tertiary/aromatic N) is 2. The lowest BCUT2D eigenvalue weighted by Crippen LogP contribution is -2.12. The van der Waals surface area contributed by atoms with Crippen molar-refractivity contribution >= 4 is 10.9 Å². The highest BCUT2D eigenvalue weighted by Crippen LogP contribution is 2.22. The van der Waals surface area contributed by atoms with E-state index in [0.29, 0.717) is 24.0 Å². The molecule has 0 aliphatic carbocycles. The van der Waals surface area contributed by atoms with E-state index in [0.717, 1.165) is 17.3 Å². The molecule has 0 saturated carbocycles. The molecule has 0 N–H and O–H groups in total. The van der Waals surface area contributed by atoms with Crippen LogP contribution in [0.1, 0.15) is 45.1 Å². The highest BCUT2D eigenvalue weighted by molar-refractivity contribution is 5.85. The van der Waals surface area contributed by atoms with Crippen LogP contribution in [-0.4, -0.2) is 11.6 Å². The number of pyridine rings is 1. The smallest absolute Gasteiger partial charge is 0.215 e. The third-order valence-corrected chi connectivity index (χ3v) is 3.82. The molecule has 21 heavy (non-hydrogen) atoms. The van der Waals surface area contributed by atoms with Gasteiger partial charge in [-0.3, -0.25) is 0 Å². The highest BCUT2D eigenvalue weighted by atomic mass is 16.5. The van der Waals surface area contributed by atoms with Crippen molar-refractivity contribution in [2.45, 2.75) is 39.5 Å². The Labute approximate surface area is 126 Å². The molecule has 0 spiro atoms. The Balaban J connectivity index is 2.13. The SMILES string of the molecule is CCCCC(CC)COc1cc(C#N)c2ccccc2n1. The summed E-state index contributed by atoms with van der Waals surface area (Å²) < 4.78 is 5.84. The van der Waals surface area contributed by atoms with Gasteiger partial charge in [0, 0.05) is 11.5 Å². The average Bonchev–Trinajstić information content (AvgIpc) is 2.54. The first-order valence-corrected chi connectivity index (χ1v) is 7.71. The second-order valence-corrected chi connectivity index (χ2v) is 5.36. The molecule has 1 heterocycles. The third kappa shape index (κ3) is 3.95. The lowest BCUT2D eigenvalue weighted by atomic mass is 10.0. The second-order valence-electron chi connectivity index (χ2n) is 5.36. The van der Waals surface area contributed by atoms with Gasteiger partial charge in [0.05, 0.1) is 17.7 Å². The van der Waals surface area contributed by atoms with Crippen LogP contribution >= 0.6 is 0 Å². The predicted molar refractivity (Wildman–Crippen MR) is 85.3 cm³/mol. The van der Waals surface area contributed by atoms with Crippen molar-refractivity contribution in [3.05, 3.63) is 35.9 Å². The summed E-state index contributed by atoms with van der Waals surface area (Å²) in [5.41, 5.74) is 1.44. The molecular formula is C18H22N2O. The number of hydrogen-bond acceptors (Lipinski definition) is 3. The molecule has 3 nitrogen and oxygen atoms in total. The molecule has 3 heteroatoms. The molecule has 1 aromatic heterocycles. The molecule has 1 atom stereocenters. The Morgan fingerprint density at radius 1 is 1.29 bits per heavy atom. The number of benzene rings is 1. The molecule has 0 amide bonds. The topological polar surface area (TPSA) is 45.9 Å². The number of rotatable bonds is 7. The number of nitriles is 1. The molecule has 0 saturated heterocycles. The fourth-order valence-corrected chi connectivity index (χ4v) is 2.42. The molecule has 1 unspecified atom stereocenters. The van der Waals surface area contributed by atoms with Crippen LogP contribution in [0.3, 0.4) is 0 Å². The van der Waals surface area contributed by atoms with E-state index in [9.17, 15) is 5.26 Å². The van der Waals surface area contributed by atoms with E-state index in [1.807, 2.05) is 24.3 Å². The van der Waals surface area contributed by atoms with Gasteiger partial charge in [0.25, 0.3) is 0 Å². The van der Waals surface area contributed by atoms with Gasteiger partial charge >= 0.3 is 0 Å². The fraction of sp³-hybridized carbons (Fsp3) is 0.444. The summed E-state index contributed by atoms with van der Waals surface area (Å²) in [7, 11) is 0. The first-order chi connectivity index (χ1) is 10.3. The van der Waals surface area contributed by atoms with Crippen molar-refractivity contribution in [2.24, 2.45) is 5.92 Å². The predicted octanol–water partition coefficient (Wildman–Crippen LogP) is 4.70. The molecule has 0 radical (unpaired) electrons. The number of ether oxygens (including phenoxy) is 1. The van der Waals surface area contributed by atoms with E-state index < -0.39 is 0 Å². The Morgan fingerprint density at radius 3 is 2.81 bits per heavy atom. The van der Waals surface area contributed by atoms with Crippen molar-refractivity contribution in [1.82, 2.24) is 4.98 Å². The fourth-order valence-electron chi connectivity index (χ4n) is 2.42. The highest BCUT2D eigenvalue weighted by Gasteiger charge is 2.10. The van der Waals surface area contributed by atoms with Gasteiger partial charge in [0.1, 0.15) is 6.07 Å². The van der Waals surface area contributed by atoms with Crippen LogP contribution in [0.15, 0.2) is 30.3 Å². The van der Waals surface area contributed by atoms with Crippen LogP contribution in [0.5, 0.6) is 5.88 Å². The monoisotopic (exact) mass is 282 g/mol. The summed E-state index contributed by atoms with van der Waals surface area (Å²) in [6, 6.07) is 11.6. The minimum absolute atomic E-state index is 0.556. The van der Waals surface area contributed by atoms with Gasteiger partial charge in [-0.2, -0.15) is 5.26 Å². The normalized spacial score (nSPS) is 12.0. The van der Waals surface area contributed by atoms with Crippen molar-refractivity contribution in [3.63, 3.8) is 0 Å². The second kappa shape index (κ2) is 7.64. The number of unbranched alkanes of at least 4 members (excludes halogenated alkanes) is 1. The summed E-state index contributed by atoms with van der Waals surface area (Å²) in [6.45, 7) is 5.07. The van der Waals surface area contributed by atoms with Crippen molar-refractivity contribution in [2.75, 3.05) is 6.61 Å². The van der Waals surface area contributed by atoms with E-state index >= 15 is 0 Å². The molecule has 0 fully saturated rings. The van der Waals surface area contributed by atoms with Crippen LogP contribution in [0, 0.1) is 17.2 Å². The zero-order valence-corrected chi connectivity index (χ0v) is 12.8. The van der Waals surface area contributed by atoms with Crippen LogP contribution in [0.2, 0.25) is 0 Å². The standard InChI is InChI=1S/C18H22N2O/c1-3-5-8-14(4-2)13-21-18-11-15(12-19)16-9-6-7-10-17(16)20-18/h6-7,9-11,14H,3-5,8,13H2,1-2H3. The minimum atomic E-state index is 0.556. The zero-order chi connectivity index (χ0) is 15.1. The molecule has 1 aromatic carbocycles. The van der Waals surface area contributed by atoms with Gasteiger partial charge in [0.2, 0.25) is 5.88 Å². The Kier molecular flexibility index (Phi) is 5.57. The average molecular weight is 282 g/mol. The Morgan fingerprint density at radius 2 is 2.10 bits per heavy atom. The molecule has 2 rings (SSSR count). The summed E-state index contributed by atoms with van der Waals surface area (Å²) in [4.78, 5) is 4.50. The molecule has 2 aromatic rings. The van der Waals surface area contributed by atoms with Gasteiger partial charge in [0.15, 0.2) is 0 Å². The molecule has 110 valence electrons. The third-order valence-electron chi connectivity index (χ3n) is 3.82. The van der Waals surface area contributed by atoms with Crippen molar-refractivity contribution in [1.29, 1.82) is 5.26 Å². The number of fused-ring (bicyclic) bond motifs is 1. The van der Waals surface area contributed by atoms with Crippen LogP contribution in [-0.2, 0) is 0 Å². The summed E-state index contributed by atoms with van der Waals surface area (Å²) in [5.74, 6) is 1.11. The number of aromatic nitrogens is 1. The number of para-hydroxylation sites is 1. The maximum atomic E-state index is 9.27. The largest absolute Gasteiger partial charge is 0.477 e.